The minimum atomic E-state index is -0.290. The molecule has 0 bridgehead atoms. The molecular formula is C5H6Cl2. The van der Waals surface area contributed by atoms with Crippen molar-refractivity contribution < 1.29 is 0 Å². The Bertz CT molecular complexity index is 86.1. The summed E-state index contributed by atoms with van der Waals surface area (Å²) in [4.78, 5) is 0. The largest absolute Gasteiger partial charge is 0.112 e. The lowest BCUT2D eigenvalue weighted by atomic mass is 10.4. The summed E-state index contributed by atoms with van der Waals surface area (Å²) in [6.45, 7) is 6.79. The van der Waals surface area contributed by atoms with Gasteiger partial charge in [0, 0.05) is 5.03 Å². The number of hydrogen-bond acceptors (Lipinski definition) is 0. The normalized spacial score (nSPS) is 12.9. The van der Waals surface area contributed by atoms with E-state index in [1.54, 1.807) is 0 Å². The third-order valence-electron chi connectivity index (χ3n) is 0.506. The lowest BCUT2D eigenvalue weighted by Crippen LogP contribution is -1.87. The predicted octanol–water partition coefficient (Wildman–Crippen LogP) is 2.53. The Morgan fingerprint density at radius 1 is 1.71 bits per heavy atom. The van der Waals surface area contributed by atoms with Gasteiger partial charge in [0.2, 0.25) is 0 Å². The minimum absolute atomic E-state index is 0.290. The molecule has 40 valence electrons. The molecule has 0 nitrogen and oxygen atoms in total. The van der Waals surface area contributed by atoms with Crippen LogP contribution >= 0.6 is 23.2 Å². The average Bonchev–Trinajstić information content (AvgIpc) is 1.65. The molecule has 0 rings (SSSR count). The van der Waals surface area contributed by atoms with Crippen LogP contribution in [0.3, 0.4) is 0 Å². The quantitative estimate of drug-likeness (QED) is 0.405. The van der Waals surface area contributed by atoms with Crippen LogP contribution in [0.4, 0.5) is 0 Å². The van der Waals surface area contributed by atoms with Crippen LogP contribution in [0.5, 0.6) is 0 Å². The van der Waals surface area contributed by atoms with E-state index in [0.29, 0.717) is 5.03 Å². The fourth-order valence-corrected chi connectivity index (χ4v) is 0.217. The van der Waals surface area contributed by atoms with E-state index < -0.39 is 0 Å². The van der Waals surface area contributed by atoms with Crippen molar-refractivity contribution in [3.05, 3.63) is 24.3 Å². The molecule has 0 fully saturated rings. The fraction of sp³-hybridized carbons (Fsp3) is 0.200. The average molecular weight is 137 g/mol. The molecule has 1 atom stereocenters. The summed E-state index contributed by atoms with van der Waals surface area (Å²) < 4.78 is 0. The van der Waals surface area contributed by atoms with Crippen molar-refractivity contribution in [2.24, 2.45) is 0 Å². The number of halogens is 2. The molecule has 0 aliphatic carbocycles. The zero-order valence-corrected chi connectivity index (χ0v) is 5.34. The highest BCUT2D eigenvalue weighted by molar-refractivity contribution is 6.37. The third-order valence-corrected chi connectivity index (χ3v) is 1.29. The van der Waals surface area contributed by atoms with E-state index >= 15 is 0 Å². The van der Waals surface area contributed by atoms with Gasteiger partial charge in [-0.15, -0.1) is 18.2 Å². The summed E-state index contributed by atoms with van der Waals surface area (Å²) in [5, 5.41) is 0.123. The van der Waals surface area contributed by atoms with Gasteiger partial charge >= 0.3 is 0 Å². The summed E-state index contributed by atoms with van der Waals surface area (Å²) in [5.41, 5.74) is 0. The van der Waals surface area contributed by atoms with Gasteiger partial charge in [-0.2, -0.15) is 0 Å². The third kappa shape index (κ3) is 2.72. The van der Waals surface area contributed by atoms with Gasteiger partial charge in [0.25, 0.3) is 0 Å². The highest BCUT2D eigenvalue weighted by atomic mass is 35.5. The molecule has 0 N–H and O–H groups in total. The molecule has 7 heavy (non-hydrogen) atoms. The smallest absolute Gasteiger partial charge is 0.0863 e. The van der Waals surface area contributed by atoms with E-state index in [4.69, 9.17) is 23.2 Å². The molecule has 0 aromatic rings. The summed E-state index contributed by atoms with van der Waals surface area (Å²) in [6.07, 6.45) is 1.52. The summed E-state index contributed by atoms with van der Waals surface area (Å²) >= 11 is 10.8. The van der Waals surface area contributed by atoms with Crippen molar-refractivity contribution in [1.82, 2.24) is 0 Å². The van der Waals surface area contributed by atoms with Crippen molar-refractivity contribution in [3.63, 3.8) is 0 Å². The monoisotopic (exact) mass is 136 g/mol. The van der Waals surface area contributed by atoms with Crippen molar-refractivity contribution in [1.29, 1.82) is 0 Å². The van der Waals surface area contributed by atoms with Gasteiger partial charge in [-0.1, -0.05) is 24.3 Å². The zero-order valence-electron chi connectivity index (χ0n) is 3.82. The van der Waals surface area contributed by atoms with E-state index in [-0.39, 0.29) is 5.38 Å². The van der Waals surface area contributed by atoms with Gasteiger partial charge in [-0.3, -0.25) is 0 Å². The maximum Gasteiger partial charge on any atom is 0.0863 e. The summed E-state index contributed by atoms with van der Waals surface area (Å²) in [7, 11) is 0. The zero-order chi connectivity index (χ0) is 5.86. The van der Waals surface area contributed by atoms with E-state index in [0.717, 1.165) is 0 Å². The highest BCUT2D eigenvalue weighted by Crippen LogP contribution is 2.11. The number of hydrogen-bond donors (Lipinski definition) is 0. The molecule has 0 saturated heterocycles. The van der Waals surface area contributed by atoms with Gasteiger partial charge in [0.05, 0.1) is 5.38 Å². The Balaban J connectivity index is 3.55. The molecule has 0 saturated carbocycles. The van der Waals surface area contributed by atoms with E-state index in [9.17, 15) is 0 Å². The Hall–Kier alpha value is 0.0600. The first kappa shape index (κ1) is 7.06. The van der Waals surface area contributed by atoms with E-state index in [1.165, 1.54) is 6.08 Å². The standard InChI is InChI=1S/C5H6Cl2/c1-3-5(7)4(2)6/h3,5H,1-2H2. The number of allylic oxidation sites excluding steroid dienone is 2. The fourth-order valence-electron chi connectivity index (χ4n) is 0.128. The minimum Gasteiger partial charge on any atom is -0.112 e. The molecule has 2 heteroatoms. The molecule has 0 aromatic carbocycles. The summed E-state index contributed by atoms with van der Waals surface area (Å²) in [5.74, 6) is 0. The van der Waals surface area contributed by atoms with Crippen molar-refractivity contribution in [2.45, 2.75) is 5.38 Å². The molecule has 0 radical (unpaired) electrons. The van der Waals surface area contributed by atoms with Crippen LogP contribution in [-0.2, 0) is 0 Å². The molecule has 0 aromatic heterocycles. The molecule has 0 spiro atoms. The van der Waals surface area contributed by atoms with Crippen LogP contribution in [0.25, 0.3) is 0 Å². The number of rotatable bonds is 2. The highest BCUT2D eigenvalue weighted by Gasteiger charge is 1.96. The van der Waals surface area contributed by atoms with Crippen LogP contribution in [0.15, 0.2) is 24.3 Å². The molecule has 0 aliphatic rings. The van der Waals surface area contributed by atoms with Crippen LogP contribution in [-0.4, -0.2) is 5.38 Å². The first-order valence-electron chi connectivity index (χ1n) is 1.79. The Labute approximate surface area is 53.4 Å². The maximum atomic E-state index is 5.45. The lowest BCUT2D eigenvalue weighted by Gasteiger charge is -1.94. The van der Waals surface area contributed by atoms with Crippen molar-refractivity contribution >= 4 is 23.2 Å². The Kier molecular flexibility index (Phi) is 3.14. The van der Waals surface area contributed by atoms with Gasteiger partial charge in [-0.05, 0) is 0 Å². The first-order chi connectivity index (χ1) is 3.18. The predicted molar refractivity (Wildman–Crippen MR) is 34.8 cm³/mol. The SMILES string of the molecule is C=CC(Cl)C(=C)Cl. The molecule has 0 amide bonds. The van der Waals surface area contributed by atoms with Crippen LogP contribution in [0.1, 0.15) is 0 Å². The maximum absolute atomic E-state index is 5.45. The van der Waals surface area contributed by atoms with E-state index in [1.807, 2.05) is 0 Å². The number of alkyl halides is 1. The van der Waals surface area contributed by atoms with Crippen molar-refractivity contribution in [2.75, 3.05) is 0 Å². The van der Waals surface area contributed by atoms with Crippen molar-refractivity contribution in [3.8, 4) is 0 Å². The van der Waals surface area contributed by atoms with Gasteiger partial charge in [0.15, 0.2) is 0 Å². The van der Waals surface area contributed by atoms with Crippen LogP contribution in [0, 0.1) is 0 Å². The van der Waals surface area contributed by atoms with Crippen LogP contribution in [0.2, 0.25) is 0 Å². The van der Waals surface area contributed by atoms with E-state index in [2.05, 4.69) is 13.2 Å². The topological polar surface area (TPSA) is 0 Å². The first-order valence-corrected chi connectivity index (χ1v) is 2.61. The lowest BCUT2D eigenvalue weighted by molar-refractivity contribution is 1.38. The molecule has 0 heterocycles. The van der Waals surface area contributed by atoms with Gasteiger partial charge in [-0.25, -0.2) is 0 Å². The second-order valence-electron chi connectivity index (χ2n) is 1.08. The Morgan fingerprint density at radius 3 is 2.14 bits per heavy atom. The molecule has 1 unspecified atom stereocenters. The van der Waals surface area contributed by atoms with Crippen LogP contribution < -0.4 is 0 Å². The second-order valence-corrected chi connectivity index (χ2v) is 2.04. The molecule has 0 aliphatic heterocycles. The van der Waals surface area contributed by atoms with Gasteiger partial charge in [0.1, 0.15) is 0 Å². The summed E-state index contributed by atoms with van der Waals surface area (Å²) in [6, 6.07) is 0. The van der Waals surface area contributed by atoms with Gasteiger partial charge < -0.3 is 0 Å². The second kappa shape index (κ2) is 3.11. The molecular weight excluding hydrogens is 131 g/mol. The Morgan fingerprint density at radius 2 is 2.14 bits per heavy atom.